The second kappa shape index (κ2) is 7.19. The Morgan fingerprint density at radius 2 is 1.68 bits per heavy atom. The molecule has 0 radical (unpaired) electrons. The molecular weight excluding hydrogens is 346 g/mol. The number of hydrogen-bond acceptors (Lipinski definition) is 5. The molecule has 0 spiro atoms. The van der Waals surface area contributed by atoms with Crippen LogP contribution < -0.4 is 16.0 Å². The van der Waals surface area contributed by atoms with Crippen LogP contribution in [0.2, 0.25) is 0 Å². The van der Waals surface area contributed by atoms with Gasteiger partial charge in [0.2, 0.25) is 5.91 Å². The van der Waals surface area contributed by atoms with Crippen LogP contribution in [0.25, 0.3) is 0 Å². The van der Waals surface area contributed by atoms with Crippen LogP contribution in [0.5, 0.6) is 0 Å². The predicted molar refractivity (Wildman–Crippen MR) is 95.5 cm³/mol. The molecule has 1 aliphatic heterocycles. The van der Waals surface area contributed by atoms with Crippen molar-refractivity contribution < 1.29 is 22.3 Å². The molecule has 8 nitrogen and oxygen atoms in total. The number of nitrogens with one attached hydrogen (secondary N) is 1. The minimum atomic E-state index is -4.67. The number of amides is 1. The van der Waals surface area contributed by atoms with Crippen LogP contribution in [0.3, 0.4) is 0 Å². The van der Waals surface area contributed by atoms with Gasteiger partial charge in [-0.1, -0.05) is 18.2 Å². The van der Waals surface area contributed by atoms with Gasteiger partial charge in [0.15, 0.2) is 0 Å². The summed E-state index contributed by atoms with van der Waals surface area (Å²) in [6.07, 6.45) is 0. The molecule has 3 rings (SSSR count). The molecule has 9 heteroatoms. The smallest absolute Gasteiger partial charge is 0.344 e. The van der Waals surface area contributed by atoms with E-state index in [9.17, 15) is 4.79 Å². The number of rotatable bonds is 1. The first-order chi connectivity index (χ1) is 11.6. The molecule has 134 valence electrons. The molecule has 0 aromatic heterocycles. The van der Waals surface area contributed by atoms with E-state index in [1.165, 1.54) is 6.92 Å². The number of nitrogens with two attached hydrogens (primary N) is 1. The number of anilines is 3. The van der Waals surface area contributed by atoms with E-state index in [0.29, 0.717) is 0 Å². The lowest BCUT2D eigenvalue weighted by molar-refractivity contribution is -0.114. The van der Waals surface area contributed by atoms with E-state index in [0.717, 1.165) is 28.2 Å². The van der Waals surface area contributed by atoms with E-state index in [2.05, 4.69) is 16.3 Å². The third-order valence-electron chi connectivity index (χ3n) is 3.68. The summed E-state index contributed by atoms with van der Waals surface area (Å²) in [5, 5.41) is 2.80. The van der Waals surface area contributed by atoms with Crippen LogP contribution in [0.4, 0.5) is 17.1 Å². The molecular formula is C16H19N3O5S. The summed E-state index contributed by atoms with van der Waals surface area (Å²) in [6, 6.07) is 13.8. The van der Waals surface area contributed by atoms with Crippen molar-refractivity contribution >= 4 is 33.4 Å². The third-order valence-corrected chi connectivity index (χ3v) is 3.68. The highest BCUT2D eigenvalue weighted by molar-refractivity contribution is 7.79. The average molecular weight is 365 g/mol. The Bertz CT molecular complexity index is 890. The molecule has 0 saturated heterocycles. The summed E-state index contributed by atoms with van der Waals surface area (Å²) in [5.74, 6) is -0.0805. The van der Waals surface area contributed by atoms with Gasteiger partial charge >= 0.3 is 10.4 Å². The number of carbonyl (C=O) groups is 1. The van der Waals surface area contributed by atoms with Gasteiger partial charge in [0.1, 0.15) is 0 Å². The maximum absolute atomic E-state index is 11.2. The van der Waals surface area contributed by atoms with Gasteiger partial charge in [-0.15, -0.1) is 0 Å². The first-order valence-electron chi connectivity index (χ1n) is 7.27. The highest BCUT2D eigenvalue weighted by Crippen LogP contribution is 2.42. The van der Waals surface area contributed by atoms with Crippen molar-refractivity contribution in [1.29, 1.82) is 0 Å². The highest BCUT2D eigenvalue weighted by Gasteiger charge is 2.26. The molecule has 0 saturated carbocycles. The number of benzene rings is 2. The SMILES string of the molecule is CC(=O)Nc1ccc2c(c1)C(N)c1ccccc1N2C.O=S(=O)(O)O. The van der Waals surface area contributed by atoms with Crippen LogP contribution in [-0.2, 0) is 15.2 Å². The monoisotopic (exact) mass is 365 g/mol. The average Bonchev–Trinajstić information content (AvgIpc) is 2.50. The molecule has 2 aromatic carbocycles. The maximum atomic E-state index is 11.2. The summed E-state index contributed by atoms with van der Waals surface area (Å²) in [7, 11) is -2.64. The maximum Gasteiger partial charge on any atom is 0.394 e. The zero-order valence-electron chi connectivity index (χ0n) is 13.7. The molecule has 1 unspecified atom stereocenters. The fourth-order valence-corrected chi connectivity index (χ4v) is 2.74. The van der Waals surface area contributed by atoms with Crippen molar-refractivity contribution in [3.63, 3.8) is 0 Å². The first-order valence-corrected chi connectivity index (χ1v) is 8.67. The molecule has 1 atom stereocenters. The third kappa shape index (κ3) is 4.77. The summed E-state index contributed by atoms with van der Waals surface area (Å²) in [5.41, 5.74) is 11.5. The van der Waals surface area contributed by atoms with Gasteiger partial charge in [-0.2, -0.15) is 8.42 Å². The van der Waals surface area contributed by atoms with Gasteiger partial charge in [0, 0.05) is 31.0 Å². The lowest BCUT2D eigenvalue weighted by atomic mass is 9.91. The second-order valence-electron chi connectivity index (χ2n) is 5.50. The lowest BCUT2D eigenvalue weighted by Gasteiger charge is -2.34. The molecule has 1 amide bonds. The first kappa shape index (κ1) is 18.9. The second-order valence-corrected chi connectivity index (χ2v) is 6.39. The molecule has 2 aromatic rings. The summed E-state index contributed by atoms with van der Waals surface area (Å²) >= 11 is 0. The standard InChI is InChI=1S/C16H17N3O.H2O4S/c1-10(20)18-11-7-8-15-13(9-11)16(17)12-5-3-4-6-14(12)19(15)2;1-5(2,3)4/h3-9,16H,17H2,1-2H3,(H,18,20);(H2,1,2,3,4). The van der Waals surface area contributed by atoms with Crippen LogP contribution in [0, 0.1) is 0 Å². The van der Waals surface area contributed by atoms with Crippen molar-refractivity contribution in [2.75, 3.05) is 17.3 Å². The molecule has 0 bridgehead atoms. The summed E-state index contributed by atoms with van der Waals surface area (Å²) in [4.78, 5) is 13.3. The van der Waals surface area contributed by atoms with Gasteiger partial charge < -0.3 is 16.0 Å². The van der Waals surface area contributed by atoms with E-state index >= 15 is 0 Å². The molecule has 0 fully saturated rings. The Kier molecular flexibility index (Phi) is 5.43. The van der Waals surface area contributed by atoms with Gasteiger partial charge in [-0.25, -0.2) is 0 Å². The van der Waals surface area contributed by atoms with E-state index < -0.39 is 10.4 Å². The Labute approximate surface area is 145 Å². The fraction of sp³-hybridized carbons (Fsp3) is 0.188. The lowest BCUT2D eigenvalue weighted by Crippen LogP contribution is -2.26. The number of nitrogens with zero attached hydrogens (tertiary/aromatic N) is 1. The predicted octanol–water partition coefficient (Wildman–Crippen LogP) is 2.12. The normalized spacial score (nSPS) is 15.4. The summed E-state index contributed by atoms with van der Waals surface area (Å²) < 4.78 is 31.6. The zero-order chi connectivity index (χ0) is 18.8. The van der Waals surface area contributed by atoms with E-state index in [4.69, 9.17) is 23.3 Å². The van der Waals surface area contributed by atoms with E-state index in [1.54, 1.807) is 0 Å². The van der Waals surface area contributed by atoms with Crippen LogP contribution in [-0.4, -0.2) is 30.5 Å². The minimum Gasteiger partial charge on any atom is -0.344 e. The molecule has 0 aliphatic carbocycles. The number of hydrogen-bond donors (Lipinski definition) is 4. The fourth-order valence-electron chi connectivity index (χ4n) is 2.74. The topological polar surface area (TPSA) is 133 Å². The summed E-state index contributed by atoms with van der Waals surface area (Å²) in [6.45, 7) is 1.50. The Balaban J connectivity index is 0.000000399. The molecule has 5 N–H and O–H groups in total. The van der Waals surface area contributed by atoms with Gasteiger partial charge in [0.25, 0.3) is 0 Å². The molecule has 25 heavy (non-hydrogen) atoms. The van der Waals surface area contributed by atoms with Crippen molar-refractivity contribution in [2.24, 2.45) is 5.73 Å². The van der Waals surface area contributed by atoms with Gasteiger partial charge in [-0.3, -0.25) is 13.9 Å². The number of fused-ring (bicyclic) bond motifs is 2. The highest BCUT2D eigenvalue weighted by atomic mass is 32.3. The van der Waals surface area contributed by atoms with Crippen molar-refractivity contribution in [2.45, 2.75) is 13.0 Å². The van der Waals surface area contributed by atoms with Crippen molar-refractivity contribution in [3.05, 3.63) is 53.6 Å². The van der Waals surface area contributed by atoms with E-state index in [-0.39, 0.29) is 11.9 Å². The van der Waals surface area contributed by atoms with Gasteiger partial charge in [-0.05, 0) is 35.4 Å². The van der Waals surface area contributed by atoms with E-state index in [1.807, 2.05) is 43.4 Å². The van der Waals surface area contributed by atoms with Crippen molar-refractivity contribution in [3.8, 4) is 0 Å². The van der Waals surface area contributed by atoms with Crippen LogP contribution in [0.1, 0.15) is 24.1 Å². The quantitative estimate of drug-likeness (QED) is 0.569. The van der Waals surface area contributed by atoms with Crippen LogP contribution >= 0.6 is 0 Å². The van der Waals surface area contributed by atoms with Crippen molar-refractivity contribution in [1.82, 2.24) is 0 Å². The van der Waals surface area contributed by atoms with Crippen LogP contribution in [0.15, 0.2) is 42.5 Å². The minimum absolute atomic E-state index is 0.0805. The zero-order valence-corrected chi connectivity index (χ0v) is 14.5. The largest absolute Gasteiger partial charge is 0.394 e. The molecule has 1 heterocycles. The number of carbonyl (C=O) groups excluding carboxylic acids is 1. The molecule has 1 aliphatic rings. The van der Waals surface area contributed by atoms with Gasteiger partial charge in [0.05, 0.1) is 6.04 Å². The number of para-hydroxylation sites is 1. The Morgan fingerprint density at radius 1 is 1.12 bits per heavy atom. The Hall–Kier alpha value is -2.46. The Morgan fingerprint density at radius 3 is 2.28 bits per heavy atom.